The number of fused-ring (bicyclic) bond motifs is 1. The molecule has 0 radical (unpaired) electrons. The Bertz CT molecular complexity index is 702. The number of amides is 1. The molecule has 0 fully saturated rings. The van der Waals surface area contributed by atoms with Crippen molar-refractivity contribution in [2.24, 2.45) is 5.92 Å². The molecule has 114 valence electrons. The molecule has 2 aromatic rings. The lowest BCUT2D eigenvalue weighted by atomic mass is 9.95. The summed E-state index contributed by atoms with van der Waals surface area (Å²) >= 11 is 5.92. The van der Waals surface area contributed by atoms with Crippen LogP contribution >= 0.6 is 11.6 Å². The van der Waals surface area contributed by atoms with Crippen LogP contribution in [0.2, 0.25) is 5.02 Å². The second kappa shape index (κ2) is 6.28. The SMILES string of the molecule is COc1ccc2c(c1)CC(C(=O)Nc1cccc(Cl)c1)CO2. The van der Waals surface area contributed by atoms with Crippen LogP contribution in [-0.4, -0.2) is 19.6 Å². The number of hydrogen-bond donors (Lipinski definition) is 1. The van der Waals surface area contributed by atoms with Gasteiger partial charge in [0.2, 0.25) is 5.91 Å². The molecule has 0 spiro atoms. The molecule has 0 aliphatic carbocycles. The number of benzene rings is 2. The third-order valence-electron chi connectivity index (χ3n) is 3.64. The zero-order valence-corrected chi connectivity index (χ0v) is 12.9. The zero-order valence-electron chi connectivity index (χ0n) is 12.1. The summed E-state index contributed by atoms with van der Waals surface area (Å²) in [4.78, 5) is 12.4. The van der Waals surface area contributed by atoms with Crippen molar-refractivity contribution in [1.82, 2.24) is 0 Å². The van der Waals surface area contributed by atoms with Crippen molar-refractivity contribution < 1.29 is 14.3 Å². The van der Waals surface area contributed by atoms with Crippen molar-refractivity contribution in [2.45, 2.75) is 6.42 Å². The van der Waals surface area contributed by atoms with E-state index in [0.29, 0.717) is 23.7 Å². The summed E-state index contributed by atoms with van der Waals surface area (Å²) < 4.78 is 10.9. The molecule has 0 saturated heterocycles. The molecule has 3 rings (SSSR count). The van der Waals surface area contributed by atoms with Gasteiger partial charge in [-0.3, -0.25) is 4.79 Å². The number of methoxy groups -OCH3 is 1. The highest BCUT2D eigenvalue weighted by atomic mass is 35.5. The van der Waals surface area contributed by atoms with Crippen LogP contribution in [-0.2, 0) is 11.2 Å². The number of hydrogen-bond acceptors (Lipinski definition) is 3. The van der Waals surface area contributed by atoms with Gasteiger partial charge in [-0.05, 0) is 48.4 Å². The van der Waals surface area contributed by atoms with E-state index in [4.69, 9.17) is 21.1 Å². The number of rotatable bonds is 3. The van der Waals surface area contributed by atoms with Crippen molar-refractivity contribution >= 4 is 23.2 Å². The Morgan fingerprint density at radius 1 is 1.32 bits per heavy atom. The van der Waals surface area contributed by atoms with Gasteiger partial charge in [0.05, 0.1) is 13.0 Å². The van der Waals surface area contributed by atoms with Gasteiger partial charge in [0.1, 0.15) is 18.1 Å². The van der Waals surface area contributed by atoms with Gasteiger partial charge in [0, 0.05) is 10.7 Å². The van der Waals surface area contributed by atoms with E-state index in [0.717, 1.165) is 17.1 Å². The van der Waals surface area contributed by atoms with Crippen LogP contribution < -0.4 is 14.8 Å². The molecule has 5 heteroatoms. The normalized spacial score (nSPS) is 16.4. The third kappa shape index (κ3) is 3.17. The minimum absolute atomic E-state index is 0.0734. The van der Waals surface area contributed by atoms with E-state index in [2.05, 4.69) is 5.32 Å². The summed E-state index contributed by atoms with van der Waals surface area (Å²) in [5.41, 5.74) is 1.67. The van der Waals surface area contributed by atoms with Gasteiger partial charge < -0.3 is 14.8 Å². The van der Waals surface area contributed by atoms with E-state index in [1.54, 1.807) is 25.3 Å². The highest BCUT2D eigenvalue weighted by Crippen LogP contribution is 2.31. The summed E-state index contributed by atoms with van der Waals surface area (Å²) in [6, 6.07) is 12.7. The molecule has 1 aliphatic rings. The monoisotopic (exact) mass is 317 g/mol. The fourth-order valence-corrected chi connectivity index (χ4v) is 2.67. The number of halogens is 1. The van der Waals surface area contributed by atoms with E-state index in [9.17, 15) is 4.79 Å². The smallest absolute Gasteiger partial charge is 0.231 e. The van der Waals surface area contributed by atoms with Crippen molar-refractivity contribution in [1.29, 1.82) is 0 Å². The molecule has 1 unspecified atom stereocenters. The summed E-state index contributed by atoms with van der Waals surface area (Å²) in [6.07, 6.45) is 0.624. The summed E-state index contributed by atoms with van der Waals surface area (Å²) in [5.74, 6) is 1.26. The predicted molar refractivity (Wildman–Crippen MR) is 85.8 cm³/mol. The Hall–Kier alpha value is -2.20. The van der Waals surface area contributed by atoms with Crippen molar-refractivity contribution in [2.75, 3.05) is 19.0 Å². The second-order valence-corrected chi connectivity index (χ2v) is 5.62. The average molecular weight is 318 g/mol. The van der Waals surface area contributed by atoms with Gasteiger partial charge in [0.25, 0.3) is 0 Å². The van der Waals surface area contributed by atoms with E-state index in [1.165, 1.54) is 0 Å². The van der Waals surface area contributed by atoms with Gasteiger partial charge in [0.15, 0.2) is 0 Å². The van der Waals surface area contributed by atoms with Crippen LogP contribution in [0, 0.1) is 5.92 Å². The molecule has 1 aliphatic heterocycles. The van der Waals surface area contributed by atoms with Crippen LogP contribution in [0.5, 0.6) is 11.5 Å². The number of anilines is 1. The van der Waals surface area contributed by atoms with Crippen molar-refractivity contribution in [3.05, 3.63) is 53.1 Å². The number of ether oxygens (including phenoxy) is 2. The maximum atomic E-state index is 12.4. The third-order valence-corrected chi connectivity index (χ3v) is 3.87. The first-order chi connectivity index (χ1) is 10.7. The Morgan fingerprint density at radius 3 is 2.95 bits per heavy atom. The van der Waals surface area contributed by atoms with Gasteiger partial charge >= 0.3 is 0 Å². The average Bonchev–Trinajstić information content (AvgIpc) is 2.53. The Kier molecular flexibility index (Phi) is 4.20. The number of nitrogens with one attached hydrogen (secondary N) is 1. The standard InChI is InChI=1S/C17H16ClNO3/c1-21-15-5-6-16-11(8-15)7-12(10-22-16)17(20)19-14-4-2-3-13(18)9-14/h2-6,8-9,12H,7,10H2,1H3,(H,19,20). The van der Waals surface area contributed by atoms with Crippen LogP contribution in [0.15, 0.2) is 42.5 Å². The van der Waals surface area contributed by atoms with Crippen LogP contribution in [0.4, 0.5) is 5.69 Å². The van der Waals surface area contributed by atoms with Gasteiger partial charge in [-0.25, -0.2) is 0 Å². The summed E-state index contributed by atoms with van der Waals surface area (Å²) in [6.45, 7) is 0.367. The first-order valence-corrected chi connectivity index (χ1v) is 7.39. The first kappa shape index (κ1) is 14.7. The van der Waals surface area contributed by atoms with Crippen molar-refractivity contribution in [3.63, 3.8) is 0 Å². The highest BCUT2D eigenvalue weighted by molar-refractivity contribution is 6.30. The van der Waals surface area contributed by atoms with Gasteiger partial charge in [-0.15, -0.1) is 0 Å². The molecule has 2 aromatic carbocycles. The summed E-state index contributed by atoms with van der Waals surface area (Å²) in [7, 11) is 1.62. The molecule has 0 bridgehead atoms. The van der Waals surface area contributed by atoms with Gasteiger partial charge in [-0.2, -0.15) is 0 Å². The summed E-state index contributed by atoms with van der Waals surface area (Å²) in [5, 5.41) is 3.47. The number of carbonyl (C=O) groups is 1. The van der Waals surface area contributed by atoms with Crippen molar-refractivity contribution in [3.8, 4) is 11.5 Å². The number of carbonyl (C=O) groups excluding carboxylic acids is 1. The molecule has 22 heavy (non-hydrogen) atoms. The zero-order chi connectivity index (χ0) is 15.5. The van der Waals surface area contributed by atoms with E-state index in [1.807, 2.05) is 24.3 Å². The second-order valence-electron chi connectivity index (χ2n) is 5.19. The first-order valence-electron chi connectivity index (χ1n) is 7.02. The maximum absolute atomic E-state index is 12.4. The minimum Gasteiger partial charge on any atom is -0.497 e. The Morgan fingerprint density at radius 2 is 2.18 bits per heavy atom. The van der Waals surface area contributed by atoms with E-state index in [-0.39, 0.29) is 11.8 Å². The molecule has 0 saturated carbocycles. The lowest BCUT2D eigenvalue weighted by Crippen LogP contribution is -2.32. The molecular formula is C17H16ClNO3. The highest BCUT2D eigenvalue weighted by Gasteiger charge is 2.26. The molecule has 1 amide bonds. The Labute approximate surface area is 134 Å². The molecule has 0 aromatic heterocycles. The predicted octanol–water partition coefficient (Wildman–Crippen LogP) is 3.54. The molecule has 1 atom stereocenters. The lowest BCUT2D eigenvalue weighted by molar-refractivity contribution is -0.121. The molecule has 1 heterocycles. The quantitative estimate of drug-likeness (QED) is 0.942. The maximum Gasteiger partial charge on any atom is 0.231 e. The lowest BCUT2D eigenvalue weighted by Gasteiger charge is -2.25. The topological polar surface area (TPSA) is 47.6 Å². The van der Waals surface area contributed by atoms with Crippen LogP contribution in [0.25, 0.3) is 0 Å². The molecule has 1 N–H and O–H groups in total. The van der Waals surface area contributed by atoms with Crippen LogP contribution in [0.3, 0.4) is 0 Å². The molecule has 4 nitrogen and oxygen atoms in total. The fourth-order valence-electron chi connectivity index (χ4n) is 2.48. The van der Waals surface area contributed by atoms with E-state index < -0.39 is 0 Å². The van der Waals surface area contributed by atoms with Gasteiger partial charge in [-0.1, -0.05) is 17.7 Å². The molecular weight excluding hydrogens is 302 g/mol. The largest absolute Gasteiger partial charge is 0.497 e. The fraction of sp³-hybridized carbons (Fsp3) is 0.235. The van der Waals surface area contributed by atoms with E-state index >= 15 is 0 Å². The minimum atomic E-state index is -0.237. The van der Waals surface area contributed by atoms with Crippen LogP contribution in [0.1, 0.15) is 5.56 Å². The Balaban J connectivity index is 1.72.